The number of hydrogen-bond acceptors (Lipinski definition) is 7. The van der Waals surface area contributed by atoms with Crippen LogP contribution in [0.4, 0.5) is 5.82 Å². The molecular formula is C16H18N6OS2. The topological polar surface area (TPSA) is 91.1 Å². The summed E-state index contributed by atoms with van der Waals surface area (Å²) in [7, 11) is 0. The van der Waals surface area contributed by atoms with Crippen LogP contribution in [0, 0.1) is 0 Å². The van der Waals surface area contributed by atoms with Crippen molar-refractivity contribution in [3.05, 3.63) is 48.0 Å². The molecule has 0 aliphatic heterocycles. The smallest absolute Gasteiger partial charge is 0.181 e. The van der Waals surface area contributed by atoms with E-state index in [0.29, 0.717) is 22.2 Å². The molecule has 3 aromatic heterocycles. The summed E-state index contributed by atoms with van der Waals surface area (Å²) in [5.74, 6) is 1.14. The van der Waals surface area contributed by atoms with Crippen LogP contribution in [0.15, 0.2) is 53.1 Å². The molecule has 9 heteroatoms. The Balaban J connectivity index is 2.09. The summed E-state index contributed by atoms with van der Waals surface area (Å²) >= 11 is 5.89. The van der Waals surface area contributed by atoms with Crippen molar-refractivity contribution in [2.75, 3.05) is 17.7 Å². The number of nitrogens with zero attached hydrogens (tertiary/aromatic N) is 4. The third kappa shape index (κ3) is 4.06. The number of aliphatic hydroxyl groups excluding tert-OH is 1. The summed E-state index contributed by atoms with van der Waals surface area (Å²) < 4.78 is 1.95. The van der Waals surface area contributed by atoms with Crippen molar-refractivity contribution in [3.63, 3.8) is 0 Å². The van der Waals surface area contributed by atoms with Crippen molar-refractivity contribution < 1.29 is 5.11 Å². The van der Waals surface area contributed by atoms with E-state index >= 15 is 0 Å². The molecule has 25 heavy (non-hydrogen) atoms. The highest BCUT2D eigenvalue weighted by molar-refractivity contribution is 7.99. The molecule has 0 saturated heterocycles. The minimum absolute atomic E-state index is 0.0824. The zero-order valence-corrected chi connectivity index (χ0v) is 15.3. The van der Waals surface area contributed by atoms with Crippen LogP contribution in [0.25, 0.3) is 16.9 Å². The molecule has 0 unspecified atom stereocenters. The number of rotatable bonds is 7. The number of fused-ring (bicyclic) bond motifs is 1. The fraction of sp³-hybridized carbons (Fsp3) is 0.188. The van der Waals surface area contributed by atoms with Crippen molar-refractivity contribution in [2.45, 2.75) is 11.9 Å². The lowest BCUT2D eigenvalue weighted by Crippen LogP contribution is -2.03. The molecule has 0 saturated carbocycles. The summed E-state index contributed by atoms with van der Waals surface area (Å²) in [5, 5.41) is 20.4. The van der Waals surface area contributed by atoms with Crippen LogP contribution >= 0.6 is 24.4 Å². The molecule has 0 aliphatic rings. The lowest BCUT2D eigenvalue weighted by atomic mass is 10.3. The van der Waals surface area contributed by atoms with Gasteiger partial charge in [-0.25, -0.2) is 9.97 Å². The van der Waals surface area contributed by atoms with Crippen molar-refractivity contribution >= 4 is 35.9 Å². The lowest BCUT2D eigenvalue weighted by Gasteiger charge is -2.10. The average Bonchev–Trinajstić information content (AvgIpc) is 3.20. The number of imidazole rings is 1. The van der Waals surface area contributed by atoms with E-state index in [-0.39, 0.29) is 6.61 Å². The molecule has 3 N–H and O–H groups in total. The van der Waals surface area contributed by atoms with Gasteiger partial charge in [-0.1, -0.05) is 12.2 Å². The number of aromatic nitrogens is 5. The van der Waals surface area contributed by atoms with Gasteiger partial charge in [-0.2, -0.15) is 5.10 Å². The number of nitrogens with one attached hydrogen (secondary N) is 2. The Morgan fingerprint density at radius 1 is 1.52 bits per heavy atom. The largest absolute Gasteiger partial charge is 0.396 e. The third-order valence-corrected chi connectivity index (χ3v) is 4.36. The fourth-order valence-corrected chi connectivity index (χ4v) is 3.23. The maximum Gasteiger partial charge on any atom is 0.181 e. The first-order chi connectivity index (χ1) is 12.1. The van der Waals surface area contributed by atoms with E-state index in [1.165, 1.54) is 11.8 Å². The Kier molecular flexibility index (Phi) is 5.47. The first-order valence-electron chi connectivity index (χ1n) is 7.52. The van der Waals surface area contributed by atoms with Gasteiger partial charge in [-0.05, 0) is 13.0 Å². The fourth-order valence-electron chi connectivity index (χ4n) is 2.27. The molecular weight excluding hydrogens is 356 g/mol. The van der Waals surface area contributed by atoms with Crippen LogP contribution in [0.5, 0.6) is 0 Å². The molecule has 0 aliphatic carbocycles. The number of aliphatic hydroxyl groups is 1. The molecule has 3 heterocycles. The highest BCUT2D eigenvalue weighted by Gasteiger charge is 2.14. The van der Waals surface area contributed by atoms with Gasteiger partial charge in [0.15, 0.2) is 11.5 Å². The average molecular weight is 374 g/mol. The van der Waals surface area contributed by atoms with Crippen LogP contribution in [0.2, 0.25) is 0 Å². The summed E-state index contributed by atoms with van der Waals surface area (Å²) in [5.41, 5.74) is 3.36. The molecule has 0 aromatic carbocycles. The molecule has 7 nitrogen and oxygen atoms in total. The predicted octanol–water partition coefficient (Wildman–Crippen LogP) is 2.96. The van der Waals surface area contributed by atoms with Gasteiger partial charge < -0.3 is 10.4 Å². The Morgan fingerprint density at radius 2 is 2.36 bits per heavy atom. The monoisotopic (exact) mass is 374 g/mol. The van der Waals surface area contributed by atoms with E-state index in [0.717, 1.165) is 21.9 Å². The molecule has 0 spiro atoms. The number of thiol groups is 1. The number of H-pyrrole nitrogens is 1. The van der Waals surface area contributed by atoms with Gasteiger partial charge in [0.05, 0.1) is 29.7 Å². The quantitative estimate of drug-likeness (QED) is 0.289. The van der Waals surface area contributed by atoms with Gasteiger partial charge in [0, 0.05) is 23.7 Å². The van der Waals surface area contributed by atoms with Crippen LogP contribution in [0.3, 0.4) is 0 Å². The van der Waals surface area contributed by atoms with Gasteiger partial charge in [0.2, 0.25) is 0 Å². The van der Waals surface area contributed by atoms with Crippen LogP contribution in [-0.2, 0) is 0 Å². The lowest BCUT2D eigenvalue weighted by molar-refractivity contribution is 0.322. The first kappa shape index (κ1) is 17.6. The van der Waals surface area contributed by atoms with E-state index in [1.54, 1.807) is 12.4 Å². The molecule has 0 bridgehead atoms. The predicted molar refractivity (Wildman–Crippen MR) is 104 cm³/mol. The van der Waals surface area contributed by atoms with Crippen molar-refractivity contribution in [1.29, 1.82) is 0 Å². The van der Waals surface area contributed by atoms with Crippen LogP contribution < -0.4 is 5.32 Å². The van der Waals surface area contributed by atoms with E-state index in [4.69, 9.17) is 5.11 Å². The van der Waals surface area contributed by atoms with E-state index < -0.39 is 0 Å². The molecule has 130 valence electrons. The first-order valence-corrected chi connectivity index (χ1v) is 8.96. The molecule has 0 radical (unpaired) electrons. The SMILES string of the molecule is C=C(C)/C=C(\S)Nc1nc(SCCO)cn2c(-c3cn[nH]c3)cnc12. The standard InChI is InChI=1S/C16H18N6OS2/c1-10(2)5-13(24)20-15-16-17-8-12(11-6-18-19-7-11)22(16)9-14(21-15)25-4-3-23/h5-9,23-24H,1,3-4H2,2H3,(H,18,19)(H,20,21)/b13-5-. The van der Waals surface area contributed by atoms with Crippen LogP contribution in [0.1, 0.15) is 6.92 Å². The second-order valence-electron chi connectivity index (χ2n) is 5.32. The Labute approximate surface area is 154 Å². The maximum atomic E-state index is 9.09. The number of hydrogen-bond donors (Lipinski definition) is 4. The van der Waals surface area contributed by atoms with Gasteiger partial charge in [0.1, 0.15) is 5.03 Å². The number of thioether (sulfide) groups is 1. The molecule has 0 fully saturated rings. The minimum Gasteiger partial charge on any atom is -0.396 e. The molecule has 3 rings (SSSR count). The minimum atomic E-state index is 0.0824. The Morgan fingerprint density at radius 3 is 3.04 bits per heavy atom. The second kappa shape index (κ2) is 7.77. The van der Waals surface area contributed by atoms with Gasteiger partial charge in [-0.3, -0.25) is 9.50 Å². The summed E-state index contributed by atoms with van der Waals surface area (Å²) in [4.78, 5) is 9.08. The molecule has 3 aromatic rings. The summed E-state index contributed by atoms with van der Waals surface area (Å²) in [6, 6.07) is 0. The van der Waals surface area contributed by atoms with Gasteiger partial charge in [0.25, 0.3) is 0 Å². The number of aromatic amines is 1. The highest BCUT2D eigenvalue weighted by Crippen LogP contribution is 2.27. The Hall–Kier alpha value is -2.23. The zero-order valence-electron chi connectivity index (χ0n) is 13.6. The third-order valence-electron chi connectivity index (χ3n) is 3.23. The van der Waals surface area contributed by atoms with E-state index in [9.17, 15) is 0 Å². The summed E-state index contributed by atoms with van der Waals surface area (Å²) in [6.07, 6.45) is 9.03. The molecule has 0 atom stereocenters. The van der Waals surface area contributed by atoms with Crippen molar-refractivity contribution in [1.82, 2.24) is 24.6 Å². The van der Waals surface area contributed by atoms with Gasteiger partial charge in [-0.15, -0.1) is 24.4 Å². The number of allylic oxidation sites excluding steroid dienone is 2. The van der Waals surface area contributed by atoms with E-state index in [1.807, 2.05) is 29.8 Å². The molecule has 0 amide bonds. The van der Waals surface area contributed by atoms with Crippen LogP contribution in [-0.4, -0.2) is 42.0 Å². The van der Waals surface area contributed by atoms with Gasteiger partial charge >= 0.3 is 0 Å². The van der Waals surface area contributed by atoms with Crippen molar-refractivity contribution in [3.8, 4) is 11.3 Å². The Bertz CT molecular complexity index is 916. The highest BCUT2D eigenvalue weighted by atomic mass is 32.2. The van der Waals surface area contributed by atoms with E-state index in [2.05, 4.69) is 44.7 Å². The summed E-state index contributed by atoms with van der Waals surface area (Å²) in [6.45, 7) is 5.82. The normalized spacial score (nSPS) is 11.9. The maximum absolute atomic E-state index is 9.09. The second-order valence-corrected chi connectivity index (χ2v) is 6.92. The van der Waals surface area contributed by atoms with Crippen molar-refractivity contribution in [2.24, 2.45) is 0 Å². The zero-order chi connectivity index (χ0) is 17.8. The number of anilines is 1.